The second kappa shape index (κ2) is 5.97. The predicted molar refractivity (Wildman–Crippen MR) is 83.9 cm³/mol. The van der Waals surface area contributed by atoms with Crippen molar-refractivity contribution < 1.29 is 13.9 Å². The van der Waals surface area contributed by atoms with Crippen LogP contribution >= 0.6 is 11.6 Å². The van der Waals surface area contributed by atoms with Crippen LogP contribution in [0.1, 0.15) is 17.9 Å². The highest BCUT2D eigenvalue weighted by molar-refractivity contribution is 6.31. The third-order valence-electron chi connectivity index (χ3n) is 3.84. The van der Waals surface area contributed by atoms with Crippen molar-refractivity contribution in [3.63, 3.8) is 0 Å². The maximum atomic E-state index is 12.9. The minimum Gasteiger partial charge on any atom is -0.495 e. The van der Waals surface area contributed by atoms with Crippen molar-refractivity contribution in [3.8, 4) is 5.75 Å². The summed E-state index contributed by atoms with van der Waals surface area (Å²) in [5.41, 5.74) is 1.55. The van der Waals surface area contributed by atoms with E-state index >= 15 is 0 Å². The topological polar surface area (TPSA) is 38.3 Å². The lowest BCUT2D eigenvalue weighted by molar-refractivity contribution is -0.117. The first-order valence-electron chi connectivity index (χ1n) is 6.98. The number of amides is 1. The predicted octanol–water partition coefficient (Wildman–Crippen LogP) is 4.23. The molecule has 3 rings (SSSR count). The molecule has 5 heteroatoms. The molecule has 0 bridgehead atoms. The van der Waals surface area contributed by atoms with Gasteiger partial charge in [-0.3, -0.25) is 4.79 Å². The highest BCUT2D eigenvalue weighted by atomic mass is 35.5. The lowest BCUT2D eigenvalue weighted by atomic mass is 10.1. The Labute approximate surface area is 133 Å². The molecule has 2 aromatic carbocycles. The highest BCUT2D eigenvalue weighted by Gasteiger charge is 2.44. The van der Waals surface area contributed by atoms with Crippen molar-refractivity contribution in [2.75, 3.05) is 12.4 Å². The maximum absolute atomic E-state index is 12.9. The van der Waals surface area contributed by atoms with Crippen molar-refractivity contribution >= 4 is 23.2 Å². The van der Waals surface area contributed by atoms with Crippen molar-refractivity contribution in [3.05, 3.63) is 58.9 Å². The zero-order valence-corrected chi connectivity index (χ0v) is 12.7. The summed E-state index contributed by atoms with van der Waals surface area (Å²) in [5.74, 6) is 0.264. The summed E-state index contributed by atoms with van der Waals surface area (Å²) >= 11 is 5.95. The van der Waals surface area contributed by atoms with Crippen LogP contribution < -0.4 is 10.1 Å². The van der Waals surface area contributed by atoms with Gasteiger partial charge in [0.1, 0.15) is 11.6 Å². The summed E-state index contributed by atoms with van der Waals surface area (Å²) in [6.45, 7) is 0. The molecule has 0 saturated heterocycles. The number of benzene rings is 2. The van der Waals surface area contributed by atoms with Crippen LogP contribution in [-0.4, -0.2) is 13.0 Å². The Bertz CT molecular complexity index is 702. The number of carbonyl (C=O) groups excluding carboxylic acids is 1. The summed E-state index contributed by atoms with van der Waals surface area (Å²) < 4.78 is 18.1. The first-order valence-corrected chi connectivity index (χ1v) is 7.36. The number of ether oxygens (including phenoxy) is 1. The first kappa shape index (κ1) is 14.9. The average Bonchev–Trinajstić information content (AvgIpc) is 3.29. The number of nitrogens with one attached hydrogen (secondary N) is 1. The van der Waals surface area contributed by atoms with Crippen molar-refractivity contribution in [1.82, 2.24) is 0 Å². The van der Waals surface area contributed by atoms with Gasteiger partial charge in [0.2, 0.25) is 5.91 Å². The summed E-state index contributed by atoms with van der Waals surface area (Å²) in [4.78, 5) is 12.3. The fourth-order valence-electron chi connectivity index (χ4n) is 2.57. The molecule has 22 heavy (non-hydrogen) atoms. The minimum absolute atomic E-state index is 0.0742. The Morgan fingerprint density at radius 1 is 1.27 bits per heavy atom. The number of halogens is 2. The largest absolute Gasteiger partial charge is 0.495 e. The molecular formula is C17H15ClFNO2. The molecule has 3 nitrogen and oxygen atoms in total. The van der Waals surface area contributed by atoms with Gasteiger partial charge in [0.25, 0.3) is 0 Å². The Balaban J connectivity index is 1.69. The lowest BCUT2D eigenvalue weighted by Crippen LogP contribution is -2.15. The van der Waals surface area contributed by atoms with Gasteiger partial charge in [-0.2, -0.15) is 0 Å². The van der Waals surface area contributed by atoms with Gasteiger partial charge in [0.15, 0.2) is 0 Å². The van der Waals surface area contributed by atoms with Crippen LogP contribution in [0.15, 0.2) is 42.5 Å². The molecule has 2 aromatic rings. The van der Waals surface area contributed by atoms with Gasteiger partial charge in [0.05, 0.1) is 12.8 Å². The van der Waals surface area contributed by atoms with Crippen LogP contribution in [-0.2, 0) is 4.79 Å². The molecule has 2 unspecified atom stereocenters. The van der Waals surface area contributed by atoms with Crippen LogP contribution in [0.2, 0.25) is 5.02 Å². The van der Waals surface area contributed by atoms with E-state index in [2.05, 4.69) is 5.32 Å². The molecule has 1 aliphatic rings. The SMILES string of the molecule is COc1ccc(Cl)cc1NC(=O)C1CC1c1ccc(F)cc1. The quantitative estimate of drug-likeness (QED) is 0.915. The number of hydrogen-bond donors (Lipinski definition) is 1. The molecule has 2 atom stereocenters. The Hall–Kier alpha value is -2.07. The zero-order valence-electron chi connectivity index (χ0n) is 12.0. The lowest BCUT2D eigenvalue weighted by Gasteiger charge is -2.10. The van der Waals surface area contributed by atoms with Crippen molar-refractivity contribution in [1.29, 1.82) is 0 Å². The number of anilines is 1. The third kappa shape index (κ3) is 3.07. The number of hydrogen-bond acceptors (Lipinski definition) is 2. The monoisotopic (exact) mass is 319 g/mol. The van der Waals surface area contributed by atoms with E-state index in [9.17, 15) is 9.18 Å². The summed E-state index contributed by atoms with van der Waals surface area (Å²) in [6, 6.07) is 11.4. The van der Waals surface area contributed by atoms with Gasteiger partial charge in [-0.15, -0.1) is 0 Å². The average molecular weight is 320 g/mol. The van der Waals surface area contributed by atoms with E-state index in [1.54, 1.807) is 30.3 Å². The number of methoxy groups -OCH3 is 1. The van der Waals surface area contributed by atoms with Crippen molar-refractivity contribution in [2.45, 2.75) is 12.3 Å². The van der Waals surface area contributed by atoms with Gasteiger partial charge < -0.3 is 10.1 Å². The molecule has 1 saturated carbocycles. The third-order valence-corrected chi connectivity index (χ3v) is 4.08. The molecule has 0 aromatic heterocycles. The molecule has 114 valence electrons. The van der Waals surface area contributed by atoms with E-state index in [0.717, 1.165) is 12.0 Å². The minimum atomic E-state index is -0.269. The van der Waals surface area contributed by atoms with E-state index in [4.69, 9.17) is 16.3 Å². The van der Waals surface area contributed by atoms with Gasteiger partial charge in [-0.25, -0.2) is 4.39 Å². The molecular weight excluding hydrogens is 305 g/mol. The van der Waals surface area contributed by atoms with Gasteiger partial charge in [-0.1, -0.05) is 23.7 Å². The summed E-state index contributed by atoms with van der Waals surface area (Å²) in [5, 5.41) is 3.38. The van der Waals surface area contributed by atoms with Crippen LogP contribution in [0.25, 0.3) is 0 Å². The van der Waals surface area contributed by atoms with Gasteiger partial charge >= 0.3 is 0 Å². The van der Waals surface area contributed by atoms with Crippen molar-refractivity contribution in [2.24, 2.45) is 5.92 Å². The van der Waals surface area contributed by atoms with Crippen LogP contribution in [0, 0.1) is 11.7 Å². The Morgan fingerprint density at radius 2 is 2.00 bits per heavy atom. The van der Waals surface area contributed by atoms with Crippen LogP contribution in [0.4, 0.5) is 10.1 Å². The van der Waals surface area contributed by atoms with E-state index in [1.165, 1.54) is 19.2 Å². The highest BCUT2D eigenvalue weighted by Crippen LogP contribution is 2.48. The fraction of sp³-hybridized carbons (Fsp3) is 0.235. The second-order valence-electron chi connectivity index (χ2n) is 5.33. The Kier molecular flexibility index (Phi) is 4.03. The number of carbonyl (C=O) groups is 1. The fourth-order valence-corrected chi connectivity index (χ4v) is 2.74. The molecule has 0 spiro atoms. The summed E-state index contributed by atoms with van der Waals surface area (Å²) in [6.07, 6.45) is 0.764. The zero-order chi connectivity index (χ0) is 15.7. The molecule has 1 N–H and O–H groups in total. The molecule has 0 heterocycles. The smallest absolute Gasteiger partial charge is 0.228 e. The maximum Gasteiger partial charge on any atom is 0.228 e. The Morgan fingerprint density at radius 3 is 2.68 bits per heavy atom. The van der Waals surface area contributed by atoms with Crippen LogP contribution in [0.5, 0.6) is 5.75 Å². The van der Waals surface area contributed by atoms with Crippen LogP contribution in [0.3, 0.4) is 0 Å². The van der Waals surface area contributed by atoms with E-state index in [0.29, 0.717) is 16.5 Å². The second-order valence-corrected chi connectivity index (χ2v) is 5.77. The standard InChI is InChI=1S/C17H15ClFNO2/c1-22-16-7-4-11(18)8-15(16)20-17(21)14-9-13(14)10-2-5-12(19)6-3-10/h2-8,13-14H,9H2,1H3,(H,20,21). The van der Waals surface area contributed by atoms with Gasteiger partial charge in [0, 0.05) is 10.9 Å². The normalized spacial score (nSPS) is 19.6. The molecule has 1 aliphatic carbocycles. The number of rotatable bonds is 4. The van der Waals surface area contributed by atoms with E-state index in [1.807, 2.05) is 0 Å². The molecule has 0 aliphatic heterocycles. The van der Waals surface area contributed by atoms with Gasteiger partial charge in [-0.05, 0) is 48.2 Å². The first-order chi connectivity index (χ1) is 10.6. The van der Waals surface area contributed by atoms with E-state index in [-0.39, 0.29) is 23.6 Å². The van der Waals surface area contributed by atoms with E-state index < -0.39 is 0 Å². The summed E-state index contributed by atoms with van der Waals surface area (Å²) in [7, 11) is 1.54. The molecule has 1 fully saturated rings. The molecule has 1 amide bonds. The molecule has 0 radical (unpaired) electrons.